The van der Waals surface area contributed by atoms with Crippen LogP contribution in [0.3, 0.4) is 0 Å². The summed E-state index contributed by atoms with van der Waals surface area (Å²) in [5.41, 5.74) is 7.15. The van der Waals surface area contributed by atoms with Crippen LogP contribution in [0.15, 0.2) is 28.7 Å². The molecule has 0 aliphatic heterocycles. The third kappa shape index (κ3) is 3.79. The second-order valence-corrected chi connectivity index (χ2v) is 7.11. The predicted molar refractivity (Wildman–Crippen MR) is 91.6 cm³/mol. The summed E-state index contributed by atoms with van der Waals surface area (Å²) >= 11 is 3.43. The highest BCUT2D eigenvalue weighted by atomic mass is 79.9. The molecule has 2 bridgehead atoms. The van der Waals surface area contributed by atoms with Gasteiger partial charge in [-0.25, -0.2) is 0 Å². The van der Waals surface area contributed by atoms with Crippen LogP contribution in [0.5, 0.6) is 0 Å². The first-order valence-electron chi connectivity index (χ1n) is 7.45. The molecule has 0 radical (unpaired) electrons. The SMILES string of the molecule is Cl.NC1C2CCCC1CC(C(=O)Nc1cccc(Br)c1)C2. The maximum atomic E-state index is 12.4. The summed E-state index contributed by atoms with van der Waals surface area (Å²) < 4.78 is 0.984. The third-order valence-corrected chi connectivity index (χ3v) is 5.37. The lowest BCUT2D eigenvalue weighted by atomic mass is 9.65. The molecule has 0 saturated heterocycles. The zero-order valence-electron chi connectivity index (χ0n) is 11.9. The number of carbonyl (C=O) groups is 1. The molecule has 3 N–H and O–H groups in total. The van der Waals surface area contributed by atoms with Gasteiger partial charge in [0, 0.05) is 22.1 Å². The lowest BCUT2D eigenvalue weighted by molar-refractivity contribution is -0.122. The van der Waals surface area contributed by atoms with Gasteiger partial charge in [0.15, 0.2) is 0 Å². The topological polar surface area (TPSA) is 55.1 Å². The molecular weight excluding hydrogens is 352 g/mol. The van der Waals surface area contributed by atoms with Crippen molar-refractivity contribution in [3.63, 3.8) is 0 Å². The summed E-state index contributed by atoms with van der Waals surface area (Å²) in [6, 6.07) is 8.08. The second-order valence-electron chi connectivity index (χ2n) is 6.20. The van der Waals surface area contributed by atoms with E-state index in [0.29, 0.717) is 17.9 Å². The minimum absolute atomic E-state index is 0. The van der Waals surface area contributed by atoms with Crippen molar-refractivity contribution < 1.29 is 4.79 Å². The van der Waals surface area contributed by atoms with Gasteiger partial charge in [-0.15, -0.1) is 12.4 Å². The van der Waals surface area contributed by atoms with Crippen LogP contribution in [-0.4, -0.2) is 11.9 Å². The molecule has 2 atom stereocenters. The zero-order valence-corrected chi connectivity index (χ0v) is 14.3. The molecule has 2 aliphatic rings. The minimum atomic E-state index is 0. The molecule has 2 saturated carbocycles. The molecule has 2 unspecified atom stereocenters. The Morgan fingerprint density at radius 3 is 2.52 bits per heavy atom. The van der Waals surface area contributed by atoms with Crippen molar-refractivity contribution in [3.8, 4) is 0 Å². The van der Waals surface area contributed by atoms with E-state index in [1.54, 1.807) is 0 Å². The zero-order chi connectivity index (χ0) is 14.1. The van der Waals surface area contributed by atoms with Crippen molar-refractivity contribution in [1.82, 2.24) is 0 Å². The van der Waals surface area contributed by atoms with Gasteiger partial charge in [-0.3, -0.25) is 4.79 Å². The van der Waals surface area contributed by atoms with Gasteiger partial charge in [0.1, 0.15) is 0 Å². The Hall–Kier alpha value is -0.580. The Morgan fingerprint density at radius 2 is 1.90 bits per heavy atom. The molecular formula is C16H22BrClN2O. The number of halogens is 2. The summed E-state index contributed by atoms with van der Waals surface area (Å²) in [5.74, 6) is 1.37. The van der Waals surface area contributed by atoms with Gasteiger partial charge in [-0.2, -0.15) is 0 Å². The quantitative estimate of drug-likeness (QED) is 0.824. The van der Waals surface area contributed by atoms with E-state index < -0.39 is 0 Å². The fourth-order valence-corrected chi connectivity index (χ4v) is 4.21. The highest BCUT2D eigenvalue weighted by Crippen LogP contribution is 2.42. The third-order valence-electron chi connectivity index (χ3n) is 4.88. The molecule has 1 amide bonds. The summed E-state index contributed by atoms with van der Waals surface area (Å²) in [7, 11) is 0. The molecule has 0 aromatic heterocycles. The van der Waals surface area contributed by atoms with Crippen LogP contribution in [-0.2, 0) is 4.79 Å². The van der Waals surface area contributed by atoms with Crippen LogP contribution in [0.25, 0.3) is 0 Å². The number of hydrogen-bond donors (Lipinski definition) is 2. The van der Waals surface area contributed by atoms with E-state index in [-0.39, 0.29) is 24.2 Å². The number of rotatable bonds is 2. The van der Waals surface area contributed by atoms with Gasteiger partial charge < -0.3 is 11.1 Å². The molecule has 0 heterocycles. The first kappa shape index (κ1) is 16.8. The summed E-state index contributed by atoms with van der Waals surface area (Å²) in [6.45, 7) is 0. The summed E-state index contributed by atoms with van der Waals surface area (Å²) in [4.78, 5) is 12.4. The molecule has 116 valence electrons. The number of benzene rings is 1. The van der Waals surface area contributed by atoms with Gasteiger partial charge in [0.05, 0.1) is 0 Å². The molecule has 21 heavy (non-hydrogen) atoms. The van der Waals surface area contributed by atoms with Gasteiger partial charge in [0.2, 0.25) is 5.91 Å². The smallest absolute Gasteiger partial charge is 0.227 e. The van der Waals surface area contributed by atoms with Crippen molar-refractivity contribution in [2.24, 2.45) is 23.5 Å². The maximum absolute atomic E-state index is 12.4. The Bertz CT molecular complexity index is 497. The molecule has 0 spiro atoms. The molecule has 1 aromatic rings. The normalized spacial score (nSPS) is 31.1. The predicted octanol–water partition coefficient (Wildman–Crippen LogP) is 3.96. The van der Waals surface area contributed by atoms with Gasteiger partial charge in [-0.05, 0) is 55.7 Å². The number of hydrogen-bond acceptors (Lipinski definition) is 2. The summed E-state index contributed by atoms with van der Waals surface area (Å²) in [6.07, 6.45) is 5.58. The fourth-order valence-electron chi connectivity index (χ4n) is 3.81. The first-order chi connectivity index (χ1) is 9.63. The van der Waals surface area contributed by atoms with Crippen LogP contribution in [0.2, 0.25) is 0 Å². The highest BCUT2D eigenvalue weighted by molar-refractivity contribution is 9.10. The monoisotopic (exact) mass is 372 g/mol. The lowest BCUT2D eigenvalue weighted by Gasteiger charge is -2.43. The van der Waals surface area contributed by atoms with E-state index in [1.165, 1.54) is 19.3 Å². The van der Waals surface area contributed by atoms with E-state index >= 15 is 0 Å². The number of nitrogens with two attached hydrogens (primary N) is 1. The molecule has 3 rings (SSSR count). The van der Waals surface area contributed by atoms with Crippen molar-refractivity contribution in [2.45, 2.75) is 38.1 Å². The van der Waals surface area contributed by atoms with Gasteiger partial charge in [-0.1, -0.05) is 28.4 Å². The minimum Gasteiger partial charge on any atom is -0.327 e. The first-order valence-corrected chi connectivity index (χ1v) is 8.25. The van der Waals surface area contributed by atoms with Crippen LogP contribution in [0.1, 0.15) is 32.1 Å². The van der Waals surface area contributed by atoms with Crippen LogP contribution in [0.4, 0.5) is 5.69 Å². The van der Waals surface area contributed by atoms with Crippen molar-refractivity contribution >= 4 is 39.9 Å². The van der Waals surface area contributed by atoms with Crippen molar-refractivity contribution in [1.29, 1.82) is 0 Å². The van der Waals surface area contributed by atoms with E-state index in [9.17, 15) is 4.79 Å². The maximum Gasteiger partial charge on any atom is 0.227 e. The van der Waals surface area contributed by atoms with E-state index in [0.717, 1.165) is 23.0 Å². The van der Waals surface area contributed by atoms with Crippen LogP contribution in [0, 0.1) is 17.8 Å². The average Bonchev–Trinajstić information content (AvgIpc) is 2.38. The van der Waals surface area contributed by atoms with Crippen LogP contribution >= 0.6 is 28.3 Å². The van der Waals surface area contributed by atoms with Gasteiger partial charge in [0.25, 0.3) is 0 Å². The van der Waals surface area contributed by atoms with E-state index in [2.05, 4.69) is 21.2 Å². The lowest BCUT2D eigenvalue weighted by Crippen LogP contribution is -2.48. The van der Waals surface area contributed by atoms with E-state index in [4.69, 9.17) is 5.73 Å². The molecule has 5 heteroatoms. The molecule has 3 nitrogen and oxygen atoms in total. The fraction of sp³-hybridized carbons (Fsp3) is 0.562. The van der Waals surface area contributed by atoms with Crippen molar-refractivity contribution in [3.05, 3.63) is 28.7 Å². The van der Waals surface area contributed by atoms with Crippen molar-refractivity contribution in [2.75, 3.05) is 5.32 Å². The molecule has 1 aromatic carbocycles. The largest absolute Gasteiger partial charge is 0.327 e. The summed E-state index contributed by atoms with van der Waals surface area (Å²) in [5, 5.41) is 3.05. The number of carbonyl (C=O) groups excluding carboxylic acids is 1. The Balaban J connectivity index is 0.00000161. The van der Waals surface area contributed by atoms with E-state index in [1.807, 2.05) is 24.3 Å². The van der Waals surface area contributed by atoms with Gasteiger partial charge >= 0.3 is 0 Å². The second kappa shape index (κ2) is 7.12. The molecule has 2 aliphatic carbocycles. The Kier molecular flexibility index (Phi) is 5.69. The average molecular weight is 374 g/mol. The number of nitrogens with one attached hydrogen (secondary N) is 1. The number of fused-ring (bicyclic) bond motifs is 2. The number of anilines is 1. The molecule has 2 fully saturated rings. The standard InChI is InChI=1S/C16H21BrN2O.ClH/c17-13-5-2-6-14(9-13)19-16(20)12-7-10-3-1-4-11(8-12)15(10)18;/h2,5-6,9-12,15H,1,3-4,7-8,18H2,(H,19,20);1H. The Morgan fingerprint density at radius 1 is 1.24 bits per heavy atom. The number of amides is 1. The Labute approximate surface area is 140 Å². The highest BCUT2D eigenvalue weighted by Gasteiger charge is 2.40. The van der Waals surface area contributed by atoms with Crippen LogP contribution < -0.4 is 11.1 Å².